The maximum absolute atomic E-state index is 13.6. The smallest absolute Gasteiger partial charge is 0.269 e. The highest BCUT2D eigenvalue weighted by molar-refractivity contribution is 5.82. The summed E-state index contributed by atoms with van der Waals surface area (Å²) in [7, 11) is 0. The number of non-ortho nitro benzene ring substituents is 1. The average Bonchev–Trinajstić information content (AvgIpc) is 2.86. The molecule has 35 heavy (non-hydrogen) atoms. The summed E-state index contributed by atoms with van der Waals surface area (Å²) in [4.78, 5) is 28.6. The van der Waals surface area contributed by atoms with Gasteiger partial charge in [0.05, 0.1) is 16.9 Å². The minimum Gasteiger partial charge on any atom is -0.368 e. The second-order valence-electron chi connectivity index (χ2n) is 8.91. The Balaban J connectivity index is 1.43. The van der Waals surface area contributed by atoms with Crippen LogP contribution in [0.2, 0.25) is 0 Å². The van der Waals surface area contributed by atoms with E-state index in [1.807, 2.05) is 0 Å². The summed E-state index contributed by atoms with van der Waals surface area (Å²) < 4.78 is 27.0. The van der Waals surface area contributed by atoms with Crippen molar-refractivity contribution in [2.45, 2.75) is 19.0 Å². The van der Waals surface area contributed by atoms with Gasteiger partial charge < -0.3 is 15.1 Å². The number of carbonyl (C=O) groups excluding carboxylic acids is 1. The fourth-order valence-corrected chi connectivity index (χ4v) is 5.08. The van der Waals surface area contributed by atoms with Crippen LogP contribution in [0.3, 0.4) is 0 Å². The normalized spacial score (nSPS) is 19.0. The molecule has 3 aromatic rings. The van der Waals surface area contributed by atoms with Crippen molar-refractivity contribution in [3.8, 4) is 0 Å². The Labute approximate surface area is 201 Å². The molecule has 2 aliphatic heterocycles. The van der Waals surface area contributed by atoms with Gasteiger partial charge in [0.25, 0.3) is 5.69 Å². The Kier molecular flexibility index (Phi) is 6.07. The van der Waals surface area contributed by atoms with Crippen LogP contribution in [0.4, 0.5) is 25.8 Å². The monoisotopic (exact) mass is 478 g/mol. The highest BCUT2D eigenvalue weighted by Crippen LogP contribution is 2.38. The van der Waals surface area contributed by atoms with Gasteiger partial charge in [-0.25, -0.2) is 8.78 Å². The fourth-order valence-electron chi connectivity index (χ4n) is 5.08. The van der Waals surface area contributed by atoms with Gasteiger partial charge in [0, 0.05) is 49.7 Å². The standard InChI is InChI=1S/C26H24F2N4O3/c27-19-4-6-21(7-5-19)30-10-11-31-24-9-8-22(32(34)35)13-18(24)14-23(25(31)16-30)26(33)29-15-17-2-1-3-20(28)12-17/h1-9,12-13,23,25H,10-11,14-16H2,(H,29,33)/t23-,25+/m0/s1. The number of benzene rings is 3. The summed E-state index contributed by atoms with van der Waals surface area (Å²) in [5, 5.41) is 14.3. The van der Waals surface area contributed by atoms with E-state index in [-0.39, 0.29) is 35.8 Å². The molecule has 0 radical (unpaired) electrons. The third kappa shape index (κ3) is 4.66. The molecule has 0 spiro atoms. The molecular weight excluding hydrogens is 454 g/mol. The van der Waals surface area contributed by atoms with E-state index in [0.717, 1.165) is 16.9 Å². The first kappa shape index (κ1) is 22.8. The number of rotatable bonds is 5. The lowest BCUT2D eigenvalue weighted by atomic mass is 9.83. The Morgan fingerprint density at radius 1 is 1.03 bits per heavy atom. The van der Waals surface area contributed by atoms with Gasteiger partial charge in [-0.2, -0.15) is 0 Å². The van der Waals surface area contributed by atoms with E-state index >= 15 is 0 Å². The summed E-state index contributed by atoms with van der Waals surface area (Å²) in [6, 6.07) is 17.0. The molecule has 3 aromatic carbocycles. The van der Waals surface area contributed by atoms with E-state index in [1.54, 1.807) is 36.4 Å². The van der Waals surface area contributed by atoms with Crippen molar-refractivity contribution in [1.82, 2.24) is 5.32 Å². The number of piperazine rings is 1. The second-order valence-corrected chi connectivity index (χ2v) is 8.91. The summed E-state index contributed by atoms with van der Waals surface area (Å²) in [5.41, 5.74) is 3.18. The molecule has 0 unspecified atom stereocenters. The molecule has 1 saturated heterocycles. The number of amides is 1. The molecule has 7 nitrogen and oxygen atoms in total. The van der Waals surface area contributed by atoms with Gasteiger partial charge in [-0.15, -0.1) is 0 Å². The second kappa shape index (κ2) is 9.32. The molecule has 5 rings (SSSR count). The van der Waals surface area contributed by atoms with Crippen molar-refractivity contribution in [3.05, 3.63) is 99.6 Å². The minimum atomic E-state index is -0.471. The Bertz CT molecular complexity index is 1270. The summed E-state index contributed by atoms with van der Waals surface area (Å²) in [5.74, 6) is -1.34. The van der Waals surface area contributed by atoms with Crippen LogP contribution in [0, 0.1) is 27.7 Å². The molecule has 2 heterocycles. The number of fused-ring (bicyclic) bond motifs is 3. The van der Waals surface area contributed by atoms with Crippen molar-refractivity contribution in [1.29, 1.82) is 0 Å². The maximum Gasteiger partial charge on any atom is 0.269 e. The number of nitrogens with one attached hydrogen (secondary N) is 1. The Morgan fingerprint density at radius 2 is 1.83 bits per heavy atom. The highest BCUT2D eigenvalue weighted by atomic mass is 19.1. The lowest BCUT2D eigenvalue weighted by Crippen LogP contribution is -2.61. The zero-order valence-corrected chi connectivity index (χ0v) is 18.9. The predicted molar refractivity (Wildman–Crippen MR) is 128 cm³/mol. The molecular formula is C26H24F2N4O3. The van der Waals surface area contributed by atoms with Gasteiger partial charge in [-0.3, -0.25) is 14.9 Å². The Hall–Kier alpha value is -4.01. The van der Waals surface area contributed by atoms with E-state index < -0.39 is 10.8 Å². The predicted octanol–water partition coefficient (Wildman–Crippen LogP) is 4.06. The summed E-state index contributed by atoms with van der Waals surface area (Å²) in [6.45, 7) is 2.00. The number of halogens is 2. The molecule has 1 amide bonds. The average molecular weight is 478 g/mol. The number of nitrogens with zero attached hydrogens (tertiary/aromatic N) is 3. The number of hydrogen-bond acceptors (Lipinski definition) is 5. The number of hydrogen-bond donors (Lipinski definition) is 1. The number of anilines is 2. The fraction of sp³-hybridized carbons (Fsp3) is 0.269. The molecule has 0 aliphatic carbocycles. The third-order valence-corrected chi connectivity index (χ3v) is 6.79. The number of nitro benzene ring substituents is 1. The summed E-state index contributed by atoms with van der Waals surface area (Å²) in [6.07, 6.45) is 0.352. The number of nitro groups is 1. The molecule has 1 fully saturated rings. The van der Waals surface area contributed by atoms with Crippen molar-refractivity contribution in [2.24, 2.45) is 5.92 Å². The first-order valence-corrected chi connectivity index (χ1v) is 11.5. The van der Waals surface area contributed by atoms with E-state index in [4.69, 9.17) is 0 Å². The molecule has 2 atom stereocenters. The zero-order valence-electron chi connectivity index (χ0n) is 18.9. The lowest BCUT2D eigenvalue weighted by molar-refractivity contribution is -0.384. The van der Waals surface area contributed by atoms with Crippen molar-refractivity contribution in [3.63, 3.8) is 0 Å². The van der Waals surface area contributed by atoms with Gasteiger partial charge in [0.2, 0.25) is 5.91 Å². The molecule has 0 aromatic heterocycles. The van der Waals surface area contributed by atoms with Crippen LogP contribution in [0.5, 0.6) is 0 Å². The largest absolute Gasteiger partial charge is 0.368 e. The molecule has 0 bridgehead atoms. The third-order valence-electron chi connectivity index (χ3n) is 6.79. The van der Waals surface area contributed by atoms with Gasteiger partial charge in [0.15, 0.2) is 0 Å². The van der Waals surface area contributed by atoms with Crippen molar-refractivity contribution in [2.75, 3.05) is 29.4 Å². The summed E-state index contributed by atoms with van der Waals surface area (Å²) >= 11 is 0. The van der Waals surface area contributed by atoms with Crippen LogP contribution in [-0.4, -0.2) is 36.5 Å². The first-order chi connectivity index (χ1) is 16.9. The van der Waals surface area contributed by atoms with Crippen LogP contribution < -0.4 is 15.1 Å². The van der Waals surface area contributed by atoms with E-state index in [0.29, 0.717) is 31.6 Å². The van der Waals surface area contributed by atoms with E-state index in [9.17, 15) is 23.7 Å². The minimum absolute atomic E-state index is 0.00827. The molecule has 2 aliphatic rings. The SMILES string of the molecule is O=C(NCc1cccc(F)c1)[C@H]1Cc2cc([N+](=O)[O-])ccc2N2CCN(c3ccc(F)cc3)C[C@H]12. The first-order valence-electron chi connectivity index (χ1n) is 11.5. The van der Waals surface area contributed by atoms with E-state index in [1.165, 1.54) is 30.3 Å². The highest BCUT2D eigenvalue weighted by Gasteiger charge is 2.42. The molecule has 1 N–H and O–H groups in total. The van der Waals surface area contributed by atoms with Gasteiger partial charge in [0.1, 0.15) is 11.6 Å². The van der Waals surface area contributed by atoms with Gasteiger partial charge in [-0.1, -0.05) is 12.1 Å². The van der Waals surface area contributed by atoms with Crippen LogP contribution >= 0.6 is 0 Å². The molecule has 180 valence electrons. The molecule has 0 saturated carbocycles. The van der Waals surface area contributed by atoms with Crippen LogP contribution in [0.15, 0.2) is 66.7 Å². The number of carbonyl (C=O) groups is 1. The van der Waals surface area contributed by atoms with Crippen LogP contribution in [0.1, 0.15) is 11.1 Å². The zero-order chi connectivity index (χ0) is 24.5. The van der Waals surface area contributed by atoms with Gasteiger partial charge in [-0.05, 0) is 60.0 Å². The Morgan fingerprint density at radius 3 is 2.57 bits per heavy atom. The van der Waals surface area contributed by atoms with E-state index in [2.05, 4.69) is 15.1 Å². The van der Waals surface area contributed by atoms with Crippen LogP contribution in [-0.2, 0) is 17.8 Å². The van der Waals surface area contributed by atoms with Gasteiger partial charge >= 0.3 is 0 Å². The lowest BCUT2D eigenvalue weighted by Gasteiger charge is -2.49. The molecule has 9 heteroatoms. The van der Waals surface area contributed by atoms with Crippen molar-refractivity contribution < 1.29 is 18.5 Å². The maximum atomic E-state index is 13.6. The van der Waals surface area contributed by atoms with Crippen LogP contribution in [0.25, 0.3) is 0 Å². The van der Waals surface area contributed by atoms with Crippen molar-refractivity contribution >= 4 is 23.0 Å². The topological polar surface area (TPSA) is 78.7 Å². The quantitative estimate of drug-likeness (QED) is 0.442.